The van der Waals surface area contributed by atoms with Crippen LogP contribution in [0.25, 0.3) is 0 Å². The number of hydrogen-bond acceptors (Lipinski definition) is 3. The lowest BCUT2D eigenvalue weighted by molar-refractivity contribution is -0.126. The number of carbonyl (C=O) groups is 1. The van der Waals surface area contributed by atoms with Crippen LogP contribution in [0.3, 0.4) is 0 Å². The number of sulfonamides is 1. The fraction of sp³-hybridized carbons (Fsp3) is 0.458. The molecule has 1 aliphatic heterocycles. The molecule has 162 valence electrons. The maximum atomic E-state index is 12.8. The van der Waals surface area contributed by atoms with Gasteiger partial charge in [-0.3, -0.25) is 4.79 Å². The summed E-state index contributed by atoms with van der Waals surface area (Å²) in [5.74, 6) is -0.130. The first-order valence-corrected chi connectivity index (χ1v) is 12.2. The Balaban J connectivity index is 1.54. The van der Waals surface area contributed by atoms with Crippen LogP contribution in [0.5, 0.6) is 0 Å². The third-order valence-electron chi connectivity index (χ3n) is 6.08. The van der Waals surface area contributed by atoms with Crippen molar-refractivity contribution in [3.8, 4) is 0 Å². The zero-order valence-corrected chi connectivity index (χ0v) is 19.1. The van der Waals surface area contributed by atoms with Gasteiger partial charge < -0.3 is 5.32 Å². The van der Waals surface area contributed by atoms with Gasteiger partial charge in [0.25, 0.3) is 0 Å². The normalized spacial score (nSPS) is 16.9. The summed E-state index contributed by atoms with van der Waals surface area (Å²) in [6, 6.07) is 13.7. The van der Waals surface area contributed by atoms with Gasteiger partial charge in [0.05, 0.1) is 11.8 Å². The zero-order chi connectivity index (χ0) is 21.9. The smallest absolute Gasteiger partial charge is 0.223 e. The molecule has 1 aliphatic rings. The van der Waals surface area contributed by atoms with Crippen molar-refractivity contribution in [2.45, 2.75) is 52.3 Å². The number of piperidine rings is 1. The molecule has 1 unspecified atom stereocenters. The molecule has 0 saturated carbocycles. The average molecular weight is 429 g/mol. The van der Waals surface area contributed by atoms with E-state index in [2.05, 4.69) is 31.3 Å². The molecule has 0 aliphatic carbocycles. The SMILES string of the molecule is Cc1ccc(CS(=O)(=O)N2CCC(C(=O)NC(C)c3ccc(C)c(C)c3)CC2)cc1. The molecule has 1 saturated heterocycles. The highest BCUT2D eigenvalue weighted by atomic mass is 32.2. The van der Waals surface area contributed by atoms with Gasteiger partial charge in [0.15, 0.2) is 0 Å². The van der Waals surface area contributed by atoms with Crippen LogP contribution in [0.2, 0.25) is 0 Å². The Morgan fingerprint density at radius 1 is 1.03 bits per heavy atom. The maximum absolute atomic E-state index is 12.8. The van der Waals surface area contributed by atoms with Gasteiger partial charge in [-0.05, 0) is 62.8 Å². The second-order valence-electron chi connectivity index (χ2n) is 8.49. The number of aryl methyl sites for hydroxylation is 3. The Bertz CT molecular complexity index is 992. The Morgan fingerprint density at radius 3 is 2.27 bits per heavy atom. The summed E-state index contributed by atoms with van der Waals surface area (Å²) < 4.78 is 27.1. The van der Waals surface area contributed by atoms with Crippen molar-refractivity contribution in [3.63, 3.8) is 0 Å². The molecule has 0 aromatic heterocycles. The van der Waals surface area contributed by atoms with Gasteiger partial charge >= 0.3 is 0 Å². The fourth-order valence-corrected chi connectivity index (χ4v) is 5.39. The molecule has 0 bridgehead atoms. The minimum Gasteiger partial charge on any atom is -0.349 e. The summed E-state index contributed by atoms with van der Waals surface area (Å²) in [6.07, 6.45) is 1.11. The highest BCUT2D eigenvalue weighted by Crippen LogP contribution is 2.24. The molecule has 30 heavy (non-hydrogen) atoms. The van der Waals surface area contributed by atoms with Gasteiger partial charge in [0, 0.05) is 19.0 Å². The van der Waals surface area contributed by atoms with Gasteiger partial charge in [0.1, 0.15) is 0 Å². The molecular formula is C24H32N2O3S. The molecule has 3 rings (SSSR count). The molecule has 0 spiro atoms. The third-order valence-corrected chi connectivity index (χ3v) is 7.93. The summed E-state index contributed by atoms with van der Waals surface area (Å²) in [5.41, 5.74) is 5.43. The zero-order valence-electron chi connectivity index (χ0n) is 18.3. The van der Waals surface area contributed by atoms with Crippen molar-refractivity contribution in [3.05, 3.63) is 70.3 Å². The monoisotopic (exact) mass is 428 g/mol. The molecule has 1 N–H and O–H groups in total. The lowest BCUT2D eigenvalue weighted by Gasteiger charge is -2.31. The van der Waals surface area contributed by atoms with Crippen LogP contribution in [-0.2, 0) is 20.6 Å². The number of benzene rings is 2. The van der Waals surface area contributed by atoms with Gasteiger partial charge in [-0.25, -0.2) is 12.7 Å². The second kappa shape index (κ2) is 9.31. The van der Waals surface area contributed by atoms with Crippen molar-refractivity contribution in [1.82, 2.24) is 9.62 Å². The Morgan fingerprint density at radius 2 is 1.67 bits per heavy atom. The summed E-state index contributed by atoms with van der Waals surface area (Å²) >= 11 is 0. The Labute approximate surface area is 180 Å². The quantitative estimate of drug-likeness (QED) is 0.755. The van der Waals surface area contributed by atoms with Crippen molar-refractivity contribution in [2.24, 2.45) is 5.92 Å². The van der Waals surface area contributed by atoms with Crippen LogP contribution < -0.4 is 5.32 Å². The number of amides is 1. The van der Waals surface area contributed by atoms with Crippen LogP contribution in [0.1, 0.15) is 53.6 Å². The van der Waals surface area contributed by atoms with Gasteiger partial charge in [-0.15, -0.1) is 0 Å². The van der Waals surface area contributed by atoms with Crippen molar-refractivity contribution in [1.29, 1.82) is 0 Å². The minimum absolute atomic E-state index is 0.00789. The molecule has 0 radical (unpaired) electrons. The van der Waals surface area contributed by atoms with E-state index in [9.17, 15) is 13.2 Å². The lowest BCUT2D eigenvalue weighted by atomic mass is 9.96. The van der Waals surface area contributed by atoms with Crippen LogP contribution in [0, 0.1) is 26.7 Å². The largest absolute Gasteiger partial charge is 0.349 e. The molecule has 6 heteroatoms. The molecule has 2 aromatic carbocycles. The lowest BCUT2D eigenvalue weighted by Crippen LogP contribution is -2.43. The second-order valence-corrected chi connectivity index (χ2v) is 10.5. The van der Waals surface area contributed by atoms with Gasteiger partial charge in [0.2, 0.25) is 15.9 Å². The molecule has 5 nitrogen and oxygen atoms in total. The maximum Gasteiger partial charge on any atom is 0.223 e. The van der Waals surface area contributed by atoms with E-state index in [1.54, 1.807) is 0 Å². The molecular weight excluding hydrogens is 396 g/mol. The molecule has 1 fully saturated rings. The number of hydrogen-bond donors (Lipinski definition) is 1. The summed E-state index contributed by atoms with van der Waals surface area (Å²) in [7, 11) is -3.37. The number of nitrogens with zero attached hydrogens (tertiary/aromatic N) is 1. The standard InChI is InChI=1S/C24H32N2O3S/c1-17-5-8-21(9-6-17)16-30(28,29)26-13-11-22(12-14-26)24(27)25-20(4)23-10-7-18(2)19(3)15-23/h5-10,15,20,22H,11-14,16H2,1-4H3,(H,25,27). The Kier molecular flexibility index (Phi) is 6.98. The van der Waals surface area contributed by atoms with E-state index in [4.69, 9.17) is 0 Å². The van der Waals surface area contributed by atoms with Crippen molar-refractivity contribution in [2.75, 3.05) is 13.1 Å². The topological polar surface area (TPSA) is 66.5 Å². The van der Waals surface area contributed by atoms with E-state index in [0.29, 0.717) is 25.9 Å². The van der Waals surface area contributed by atoms with Crippen LogP contribution in [0.4, 0.5) is 0 Å². The third kappa shape index (κ3) is 5.49. The molecule has 1 atom stereocenters. The summed E-state index contributed by atoms with van der Waals surface area (Å²) in [6.45, 7) is 8.90. The van der Waals surface area contributed by atoms with E-state index in [1.807, 2.05) is 44.2 Å². The predicted molar refractivity (Wildman–Crippen MR) is 121 cm³/mol. The van der Waals surface area contributed by atoms with Crippen LogP contribution in [-0.4, -0.2) is 31.7 Å². The van der Waals surface area contributed by atoms with Gasteiger partial charge in [-0.2, -0.15) is 0 Å². The first-order valence-electron chi connectivity index (χ1n) is 10.6. The number of rotatable bonds is 6. The molecule has 1 amide bonds. The molecule has 2 aromatic rings. The first kappa shape index (κ1) is 22.5. The van der Waals surface area contributed by atoms with E-state index in [1.165, 1.54) is 15.4 Å². The van der Waals surface area contributed by atoms with E-state index < -0.39 is 10.0 Å². The predicted octanol–water partition coefficient (Wildman–Crippen LogP) is 4.03. The van der Waals surface area contributed by atoms with Crippen LogP contribution >= 0.6 is 0 Å². The highest BCUT2D eigenvalue weighted by molar-refractivity contribution is 7.88. The van der Waals surface area contributed by atoms with E-state index >= 15 is 0 Å². The first-order chi connectivity index (χ1) is 14.2. The van der Waals surface area contributed by atoms with E-state index in [0.717, 1.165) is 16.7 Å². The Hall–Kier alpha value is -2.18. The van der Waals surface area contributed by atoms with Gasteiger partial charge in [-0.1, -0.05) is 48.0 Å². The summed E-state index contributed by atoms with van der Waals surface area (Å²) in [5, 5.41) is 3.10. The van der Waals surface area contributed by atoms with Crippen molar-refractivity contribution >= 4 is 15.9 Å². The number of carbonyl (C=O) groups excluding carboxylic acids is 1. The van der Waals surface area contributed by atoms with Crippen LogP contribution in [0.15, 0.2) is 42.5 Å². The van der Waals surface area contributed by atoms with E-state index in [-0.39, 0.29) is 23.6 Å². The van der Waals surface area contributed by atoms with Crippen molar-refractivity contribution < 1.29 is 13.2 Å². The summed E-state index contributed by atoms with van der Waals surface area (Å²) in [4.78, 5) is 12.7. The molecule has 1 heterocycles. The fourth-order valence-electron chi connectivity index (χ4n) is 3.83. The minimum atomic E-state index is -3.37. The average Bonchev–Trinajstić information content (AvgIpc) is 2.71. The number of nitrogens with one attached hydrogen (secondary N) is 1. The highest BCUT2D eigenvalue weighted by Gasteiger charge is 2.31.